The Morgan fingerprint density at radius 2 is 1.78 bits per heavy atom. The second-order valence-electron chi connectivity index (χ2n) is 7.81. The van der Waals surface area contributed by atoms with Gasteiger partial charge in [0.15, 0.2) is 0 Å². The maximum atomic E-state index is 12.5. The smallest absolute Gasteiger partial charge is 0.246 e. The first-order chi connectivity index (χ1) is 15.6. The molecule has 0 N–H and O–H groups in total. The van der Waals surface area contributed by atoms with Crippen molar-refractivity contribution >= 4 is 12.0 Å². The molecule has 7 nitrogen and oxygen atoms in total. The van der Waals surface area contributed by atoms with Gasteiger partial charge in [0.2, 0.25) is 17.6 Å². The number of benzene rings is 2. The number of amides is 1. The highest BCUT2D eigenvalue weighted by Crippen LogP contribution is 2.18. The predicted molar refractivity (Wildman–Crippen MR) is 123 cm³/mol. The molecule has 3 aromatic rings. The third-order valence-electron chi connectivity index (χ3n) is 5.43. The van der Waals surface area contributed by atoms with Crippen LogP contribution in [0.2, 0.25) is 0 Å². The van der Waals surface area contributed by atoms with Crippen LogP contribution >= 0.6 is 0 Å². The van der Waals surface area contributed by atoms with E-state index in [-0.39, 0.29) is 5.91 Å². The summed E-state index contributed by atoms with van der Waals surface area (Å²) < 4.78 is 10.9. The predicted octanol–water partition coefficient (Wildman–Crippen LogP) is 3.80. The number of hydrogen-bond donors (Lipinski definition) is 0. The Labute approximate surface area is 188 Å². The number of ether oxygens (including phenoxy) is 1. The van der Waals surface area contributed by atoms with E-state index in [9.17, 15) is 4.79 Å². The van der Waals surface area contributed by atoms with Gasteiger partial charge in [-0.3, -0.25) is 9.69 Å². The Hall–Kier alpha value is -3.45. The Morgan fingerprint density at radius 1 is 1.06 bits per heavy atom. The van der Waals surface area contributed by atoms with E-state index in [1.54, 1.807) is 6.08 Å². The minimum Gasteiger partial charge on any atom is -0.494 e. The van der Waals surface area contributed by atoms with Crippen LogP contribution in [0.4, 0.5) is 0 Å². The summed E-state index contributed by atoms with van der Waals surface area (Å²) in [7, 11) is 0. The SMILES string of the molecule is CCOc1ccc(C=CC(=O)N2CCN(Cc3nc(-c4ccc(C)cc4)no3)CC2)cc1. The largest absolute Gasteiger partial charge is 0.494 e. The molecule has 0 saturated carbocycles. The van der Waals surface area contributed by atoms with Crippen molar-refractivity contribution in [1.82, 2.24) is 19.9 Å². The highest BCUT2D eigenvalue weighted by atomic mass is 16.5. The van der Waals surface area contributed by atoms with E-state index in [1.807, 2.05) is 73.4 Å². The number of aromatic nitrogens is 2. The quantitative estimate of drug-likeness (QED) is 0.529. The van der Waals surface area contributed by atoms with Crippen molar-refractivity contribution in [2.45, 2.75) is 20.4 Å². The van der Waals surface area contributed by atoms with Crippen LogP contribution in [0.1, 0.15) is 23.9 Å². The van der Waals surface area contributed by atoms with Gasteiger partial charge in [0.1, 0.15) is 5.75 Å². The Morgan fingerprint density at radius 3 is 2.47 bits per heavy atom. The fourth-order valence-electron chi connectivity index (χ4n) is 3.57. The fourth-order valence-corrected chi connectivity index (χ4v) is 3.57. The molecule has 1 amide bonds. The van der Waals surface area contributed by atoms with Crippen molar-refractivity contribution < 1.29 is 14.1 Å². The van der Waals surface area contributed by atoms with Crippen molar-refractivity contribution in [1.29, 1.82) is 0 Å². The van der Waals surface area contributed by atoms with Gasteiger partial charge in [0.05, 0.1) is 13.2 Å². The van der Waals surface area contributed by atoms with Gasteiger partial charge in [-0.05, 0) is 37.6 Å². The monoisotopic (exact) mass is 432 g/mol. The normalized spacial score (nSPS) is 14.8. The molecule has 4 rings (SSSR count). The molecule has 1 aromatic heterocycles. The number of carbonyl (C=O) groups excluding carboxylic acids is 1. The summed E-state index contributed by atoms with van der Waals surface area (Å²) in [4.78, 5) is 21.2. The first kappa shape index (κ1) is 21.8. The molecular weight excluding hydrogens is 404 g/mol. The molecule has 0 unspecified atom stereocenters. The minimum absolute atomic E-state index is 0.0259. The molecule has 1 aliphatic heterocycles. The van der Waals surface area contributed by atoms with Gasteiger partial charge < -0.3 is 14.2 Å². The second-order valence-corrected chi connectivity index (χ2v) is 7.81. The van der Waals surface area contributed by atoms with Crippen LogP contribution in [0.25, 0.3) is 17.5 Å². The molecule has 0 radical (unpaired) electrons. The molecule has 7 heteroatoms. The Balaban J connectivity index is 1.26. The summed E-state index contributed by atoms with van der Waals surface area (Å²) in [5.74, 6) is 2.06. The van der Waals surface area contributed by atoms with Crippen LogP contribution in [0, 0.1) is 6.92 Å². The standard InChI is InChI=1S/C25H28N4O3/c1-3-31-22-11-6-20(7-12-22)8-13-24(30)29-16-14-28(15-17-29)18-23-26-25(27-32-23)21-9-4-19(2)5-10-21/h4-13H,3,14-18H2,1-2H3. The third-order valence-corrected chi connectivity index (χ3v) is 5.43. The zero-order chi connectivity index (χ0) is 22.3. The molecule has 1 fully saturated rings. The van der Waals surface area contributed by atoms with E-state index >= 15 is 0 Å². The summed E-state index contributed by atoms with van der Waals surface area (Å²) in [5, 5.41) is 4.10. The van der Waals surface area contributed by atoms with E-state index in [0.717, 1.165) is 30.0 Å². The van der Waals surface area contributed by atoms with Gasteiger partial charge in [-0.1, -0.05) is 47.1 Å². The van der Waals surface area contributed by atoms with Crippen LogP contribution in [-0.4, -0.2) is 58.6 Å². The lowest BCUT2D eigenvalue weighted by atomic mass is 10.1. The van der Waals surface area contributed by atoms with E-state index < -0.39 is 0 Å². The molecule has 2 heterocycles. The van der Waals surface area contributed by atoms with Crippen molar-refractivity contribution in [3.63, 3.8) is 0 Å². The molecule has 2 aromatic carbocycles. The van der Waals surface area contributed by atoms with Crippen LogP contribution in [-0.2, 0) is 11.3 Å². The second kappa shape index (κ2) is 10.2. The maximum absolute atomic E-state index is 12.5. The van der Waals surface area contributed by atoms with E-state index in [1.165, 1.54) is 5.56 Å². The van der Waals surface area contributed by atoms with E-state index in [2.05, 4.69) is 15.0 Å². The first-order valence-corrected chi connectivity index (χ1v) is 10.9. The molecule has 1 aliphatic rings. The van der Waals surface area contributed by atoms with E-state index in [0.29, 0.717) is 38.0 Å². The fraction of sp³-hybridized carbons (Fsp3) is 0.320. The summed E-state index contributed by atoms with van der Waals surface area (Å²) in [5.41, 5.74) is 3.11. The highest BCUT2D eigenvalue weighted by molar-refractivity contribution is 5.91. The minimum atomic E-state index is 0.0259. The van der Waals surface area contributed by atoms with Gasteiger partial charge in [0, 0.05) is 37.8 Å². The topological polar surface area (TPSA) is 71.7 Å². The van der Waals surface area contributed by atoms with Crippen molar-refractivity contribution in [3.8, 4) is 17.1 Å². The summed E-state index contributed by atoms with van der Waals surface area (Å²) >= 11 is 0. The molecule has 1 saturated heterocycles. The zero-order valence-corrected chi connectivity index (χ0v) is 18.5. The molecule has 0 bridgehead atoms. The van der Waals surface area contributed by atoms with Gasteiger partial charge >= 0.3 is 0 Å². The number of nitrogens with zero attached hydrogens (tertiary/aromatic N) is 4. The van der Waals surface area contributed by atoms with Crippen LogP contribution in [0.3, 0.4) is 0 Å². The molecule has 0 aliphatic carbocycles. The molecule has 32 heavy (non-hydrogen) atoms. The molecular formula is C25H28N4O3. The average molecular weight is 433 g/mol. The maximum Gasteiger partial charge on any atom is 0.246 e. The summed E-state index contributed by atoms with van der Waals surface area (Å²) in [6.07, 6.45) is 3.48. The van der Waals surface area contributed by atoms with Gasteiger partial charge in [-0.25, -0.2) is 0 Å². The highest BCUT2D eigenvalue weighted by Gasteiger charge is 2.21. The van der Waals surface area contributed by atoms with Gasteiger partial charge in [0.25, 0.3) is 0 Å². The van der Waals surface area contributed by atoms with Crippen molar-refractivity contribution in [2.75, 3.05) is 32.8 Å². The lowest BCUT2D eigenvalue weighted by molar-refractivity contribution is -0.127. The molecule has 0 atom stereocenters. The van der Waals surface area contributed by atoms with Crippen LogP contribution < -0.4 is 4.74 Å². The van der Waals surface area contributed by atoms with Crippen molar-refractivity contribution in [3.05, 3.63) is 71.6 Å². The lowest BCUT2D eigenvalue weighted by Crippen LogP contribution is -2.47. The molecule has 0 spiro atoms. The van der Waals surface area contributed by atoms with Crippen molar-refractivity contribution in [2.24, 2.45) is 0 Å². The van der Waals surface area contributed by atoms with Crippen LogP contribution in [0.5, 0.6) is 5.75 Å². The molecule has 166 valence electrons. The van der Waals surface area contributed by atoms with E-state index in [4.69, 9.17) is 9.26 Å². The third kappa shape index (κ3) is 5.62. The number of rotatable bonds is 7. The number of piperazine rings is 1. The summed E-state index contributed by atoms with van der Waals surface area (Å²) in [6.45, 7) is 8.11. The first-order valence-electron chi connectivity index (χ1n) is 10.9. The summed E-state index contributed by atoms with van der Waals surface area (Å²) in [6, 6.07) is 15.8. The lowest BCUT2D eigenvalue weighted by Gasteiger charge is -2.33. The number of carbonyl (C=O) groups is 1. The van der Waals surface area contributed by atoms with Crippen LogP contribution in [0.15, 0.2) is 59.1 Å². The zero-order valence-electron chi connectivity index (χ0n) is 18.5. The number of hydrogen-bond acceptors (Lipinski definition) is 6. The average Bonchev–Trinajstić information content (AvgIpc) is 3.28. The number of aryl methyl sites for hydroxylation is 1. The Kier molecular flexibility index (Phi) is 6.97. The van der Waals surface area contributed by atoms with Gasteiger partial charge in [-0.15, -0.1) is 0 Å². The van der Waals surface area contributed by atoms with Gasteiger partial charge in [-0.2, -0.15) is 4.98 Å². The Bertz CT molecular complexity index is 1050.